The number of rotatable bonds is 4. The van der Waals surface area contributed by atoms with E-state index in [0.717, 1.165) is 38.3 Å². The second-order valence-electron chi connectivity index (χ2n) is 4.69. The number of methoxy groups -OCH3 is 1. The Morgan fingerprint density at radius 2 is 2.12 bits per heavy atom. The minimum Gasteiger partial charge on any atom is -0.497 e. The molecule has 1 aromatic carbocycles. The zero-order valence-electron chi connectivity index (χ0n) is 10.8. The monoisotopic (exact) mass is 234 g/mol. The van der Waals surface area contributed by atoms with Gasteiger partial charge in [-0.25, -0.2) is 0 Å². The molecule has 3 nitrogen and oxygen atoms in total. The highest BCUT2D eigenvalue weighted by Gasteiger charge is 2.16. The zero-order chi connectivity index (χ0) is 12.1. The number of piperazine rings is 1. The highest BCUT2D eigenvalue weighted by atomic mass is 16.5. The van der Waals surface area contributed by atoms with Crippen molar-refractivity contribution in [3.05, 3.63) is 29.8 Å². The molecule has 94 valence electrons. The van der Waals surface area contributed by atoms with Gasteiger partial charge in [0.1, 0.15) is 5.75 Å². The van der Waals surface area contributed by atoms with E-state index in [1.54, 1.807) is 7.11 Å². The minimum absolute atomic E-state index is 0.655. The lowest BCUT2D eigenvalue weighted by molar-refractivity contribution is 0.176. The molecule has 1 saturated heterocycles. The second-order valence-corrected chi connectivity index (χ2v) is 4.69. The molecule has 0 saturated carbocycles. The molecule has 2 rings (SSSR count). The van der Waals surface area contributed by atoms with Gasteiger partial charge in [0.15, 0.2) is 0 Å². The van der Waals surface area contributed by atoms with Crippen molar-refractivity contribution in [3.8, 4) is 5.75 Å². The third-order valence-electron chi connectivity index (χ3n) is 3.49. The van der Waals surface area contributed by atoms with Gasteiger partial charge in [-0.05, 0) is 31.0 Å². The van der Waals surface area contributed by atoms with E-state index in [1.165, 1.54) is 5.56 Å². The fraction of sp³-hybridized carbons (Fsp3) is 0.571. The molecule has 0 amide bonds. The van der Waals surface area contributed by atoms with Crippen molar-refractivity contribution in [3.63, 3.8) is 0 Å². The average molecular weight is 234 g/mol. The van der Waals surface area contributed by atoms with Crippen LogP contribution in [-0.4, -0.2) is 44.2 Å². The number of ether oxygens (including phenoxy) is 1. The van der Waals surface area contributed by atoms with Gasteiger partial charge >= 0.3 is 0 Å². The average Bonchev–Trinajstić information content (AvgIpc) is 2.38. The third kappa shape index (κ3) is 3.45. The Labute approximate surface area is 104 Å². The van der Waals surface area contributed by atoms with Crippen molar-refractivity contribution in [2.75, 3.05) is 33.3 Å². The van der Waals surface area contributed by atoms with E-state index in [4.69, 9.17) is 4.74 Å². The van der Waals surface area contributed by atoms with Crippen LogP contribution >= 0.6 is 0 Å². The SMILES string of the molecule is COc1ccc(CCN2CCNC[C@@H]2C)cc1. The maximum atomic E-state index is 5.16. The molecular weight excluding hydrogens is 212 g/mol. The molecule has 3 heteroatoms. The van der Waals surface area contributed by atoms with E-state index in [-0.39, 0.29) is 0 Å². The summed E-state index contributed by atoms with van der Waals surface area (Å²) in [6, 6.07) is 9.05. The Morgan fingerprint density at radius 3 is 2.76 bits per heavy atom. The van der Waals surface area contributed by atoms with Crippen LogP contribution in [0.15, 0.2) is 24.3 Å². The highest BCUT2D eigenvalue weighted by Crippen LogP contribution is 2.12. The first-order valence-corrected chi connectivity index (χ1v) is 6.37. The molecule has 0 bridgehead atoms. The molecule has 0 aliphatic carbocycles. The van der Waals surface area contributed by atoms with Gasteiger partial charge in [0.25, 0.3) is 0 Å². The summed E-state index contributed by atoms with van der Waals surface area (Å²) >= 11 is 0. The molecule has 0 aromatic heterocycles. The van der Waals surface area contributed by atoms with Gasteiger partial charge in [-0.3, -0.25) is 4.90 Å². The first kappa shape index (κ1) is 12.4. The summed E-state index contributed by atoms with van der Waals surface area (Å²) < 4.78 is 5.16. The third-order valence-corrected chi connectivity index (χ3v) is 3.49. The molecule has 1 aromatic rings. The van der Waals surface area contributed by atoms with Gasteiger partial charge in [0.05, 0.1) is 7.11 Å². The van der Waals surface area contributed by atoms with Crippen molar-refractivity contribution in [2.45, 2.75) is 19.4 Å². The Balaban J connectivity index is 1.84. The van der Waals surface area contributed by atoms with Crippen molar-refractivity contribution in [1.82, 2.24) is 10.2 Å². The number of nitrogens with zero attached hydrogens (tertiary/aromatic N) is 1. The van der Waals surface area contributed by atoms with E-state index in [2.05, 4.69) is 29.3 Å². The summed E-state index contributed by atoms with van der Waals surface area (Å²) in [5.41, 5.74) is 1.39. The summed E-state index contributed by atoms with van der Waals surface area (Å²) in [6.45, 7) is 6.84. The lowest BCUT2D eigenvalue weighted by Crippen LogP contribution is -2.50. The molecule has 0 unspecified atom stereocenters. The lowest BCUT2D eigenvalue weighted by atomic mass is 10.1. The number of nitrogens with one attached hydrogen (secondary N) is 1. The standard InChI is InChI=1S/C14H22N2O/c1-12-11-15-8-10-16(12)9-7-13-3-5-14(17-2)6-4-13/h3-6,12,15H,7-11H2,1-2H3/t12-/m0/s1. The molecule has 1 aliphatic rings. The summed E-state index contributed by atoms with van der Waals surface area (Å²) in [5, 5.41) is 3.42. The first-order valence-electron chi connectivity index (χ1n) is 6.37. The van der Waals surface area contributed by atoms with Gasteiger partial charge in [0, 0.05) is 32.2 Å². The maximum absolute atomic E-state index is 5.16. The fourth-order valence-electron chi connectivity index (χ4n) is 2.28. The summed E-state index contributed by atoms with van der Waals surface area (Å²) in [6.07, 6.45) is 1.12. The number of benzene rings is 1. The van der Waals surface area contributed by atoms with Crippen LogP contribution in [0, 0.1) is 0 Å². The Kier molecular flexibility index (Phi) is 4.40. The Hall–Kier alpha value is -1.06. The molecular formula is C14H22N2O. The van der Waals surface area contributed by atoms with E-state index in [0.29, 0.717) is 6.04 Å². The highest BCUT2D eigenvalue weighted by molar-refractivity contribution is 5.27. The van der Waals surface area contributed by atoms with Crippen LogP contribution < -0.4 is 10.1 Å². The quantitative estimate of drug-likeness (QED) is 0.855. The van der Waals surface area contributed by atoms with Gasteiger partial charge < -0.3 is 10.1 Å². The van der Waals surface area contributed by atoms with Crippen LogP contribution in [0.5, 0.6) is 5.75 Å². The Bertz CT molecular complexity index is 337. The van der Waals surface area contributed by atoms with Crippen molar-refractivity contribution in [1.29, 1.82) is 0 Å². The van der Waals surface area contributed by atoms with Crippen LogP contribution in [0.1, 0.15) is 12.5 Å². The lowest BCUT2D eigenvalue weighted by Gasteiger charge is -2.33. The van der Waals surface area contributed by atoms with Crippen LogP contribution in [0.25, 0.3) is 0 Å². The Morgan fingerprint density at radius 1 is 1.35 bits per heavy atom. The number of hydrogen-bond acceptors (Lipinski definition) is 3. The predicted molar refractivity (Wildman–Crippen MR) is 70.6 cm³/mol. The number of hydrogen-bond donors (Lipinski definition) is 1. The molecule has 17 heavy (non-hydrogen) atoms. The van der Waals surface area contributed by atoms with E-state index < -0.39 is 0 Å². The van der Waals surface area contributed by atoms with E-state index in [1.807, 2.05) is 12.1 Å². The molecule has 1 fully saturated rings. The summed E-state index contributed by atoms with van der Waals surface area (Å²) in [5.74, 6) is 0.935. The van der Waals surface area contributed by atoms with E-state index in [9.17, 15) is 0 Å². The topological polar surface area (TPSA) is 24.5 Å². The van der Waals surface area contributed by atoms with Crippen LogP contribution in [0.4, 0.5) is 0 Å². The zero-order valence-corrected chi connectivity index (χ0v) is 10.8. The van der Waals surface area contributed by atoms with Crippen molar-refractivity contribution < 1.29 is 4.74 Å². The fourth-order valence-corrected chi connectivity index (χ4v) is 2.28. The maximum Gasteiger partial charge on any atom is 0.118 e. The minimum atomic E-state index is 0.655. The second kappa shape index (κ2) is 6.03. The smallest absolute Gasteiger partial charge is 0.118 e. The molecule has 1 N–H and O–H groups in total. The van der Waals surface area contributed by atoms with Crippen molar-refractivity contribution in [2.24, 2.45) is 0 Å². The largest absolute Gasteiger partial charge is 0.497 e. The van der Waals surface area contributed by atoms with Gasteiger partial charge in [0.2, 0.25) is 0 Å². The predicted octanol–water partition coefficient (Wildman–Crippen LogP) is 1.53. The van der Waals surface area contributed by atoms with Crippen LogP contribution in [0.3, 0.4) is 0 Å². The van der Waals surface area contributed by atoms with Gasteiger partial charge in [-0.1, -0.05) is 12.1 Å². The summed E-state index contributed by atoms with van der Waals surface area (Å²) in [7, 11) is 1.71. The van der Waals surface area contributed by atoms with Gasteiger partial charge in [-0.15, -0.1) is 0 Å². The van der Waals surface area contributed by atoms with Crippen LogP contribution in [0.2, 0.25) is 0 Å². The molecule has 0 spiro atoms. The molecule has 0 radical (unpaired) electrons. The first-order chi connectivity index (χ1) is 8.29. The summed E-state index contributed by atoms with van der Waals surface area (Å²) in [4.78, 5) is 2.56. The van der Waals surface area contributed by atoms with Crippen molar-refractivity contribution >= 4 is 0 Å². The normalized spacial score (nSPS) is 21.4. The molecule has 1 aliphatic heterocycles. The van der Waals surface area contributed by atoms with Crippen LogP contribution in [-0.2, 0) is 6.42 Å². The molecule has 1 heterocycles. The van der Waals surface area contributed by atoms with E-state index >= 15 is 0 Å². The van der Waals surface area contributed by atoms with Gasteiger partial charge in [-0.2, -0.15) is 0 Å². The molecule has 1 atom stereocenters.